The van der Waals surface area contributed by atoms with Gasteiger partial charge >= 0.3 is 0 Å². The number of fused-ring (bicyclic) bond motifs is 1. The smallest absolute Gasteiger partial charge is 0.0619 e. The number of nitrogens with zero attached hydrogens (tertiary/aromatic N) is 3. The van der Waals surface area contributed by atoms with Crippen LogP contribution in [0.2, 0.25) is 0 Å². The van der Waals surface area contributed by atoms with Crippen molar-refractivity contribution in [3.63, 3.8) is 0 Å². The Labute approximate surface area is 248 Å². The van der Waals surface area contributed by atoms with E-state index in [-0.39, 0.29) is 32.2 Å². The third-order valence-electron chi connectivity index (χ3n) is 6.03. The van der Waals surface area contributed by atoms with E-state index in [2.05, 4.69) is 53.1 Å². The van der Waals surface area contributed by atoms with Gasteiger partial charge in [-0.2, -0.15) is 11.3 Å². The quantitative estimate of drug-likeness (QED) is 0.200. The molecule has 0 saturated carbocycles. The van der Waals surface area contributed by atoms with Crippen LogP contribution in [0.3, 0.4) is 0 Å². The van der Waals surface area contributed by atoms with Gasteiger partial charge in [-0.05, 0) is 52.6 Å². The molecule has 4 aromatic rings. The fourth-order valence-corrected chi connectivity index (χ4v) is 4.53. The van der Waals surface area contributed by atoms with Crippen molar-refractivity contribution in [2.75, 3.05) is 0 Å². The van der Waals surface area contributed by atoms with Crippen molar-refractivity contribution < 1.29 is 24.2 Å². The molecule has 0 aliphatic carbocycles. The van der Waals surface area contributed by atoms with Gasteiger partial charge in [0.05, 0.1) is 2.74 Å². The van der Waals surface area contributed by atoms with Crippen molar-refractivity contribution in [1.82, 2.24) is 9.97 Å². The molecule has 5 heteroatoms. The molecule has 0 saturated heterocycles. The van der Waals surface area contributed by atoms with Crippen LogP contribution in [0.15, 0.2) is 102 Å². The van der Waals surface area contributed by atoms with E-state index in [9.17, 15) is 0 Å². The standard InChI is InChI=1S/C19H17N2S.C14H16N.Ir/c1-14(2)15-7-8-18(21-12-15)17-6-4-3-5-16-11-20-10-9-19(16)22-13-17;1-11(2)13-8-9-15-14(10-13)12-6-4-3-5-7-12;/h3-5,7-14H,1-2H3;3-6,8-9,11,13H,10H2,1-2H3;/q2*-1;/i7D,8D,14D;;. The van der Waals surface area contributed by atoms with Crippen molar-refractivity contribution in [3.05, 3.63) is 120 Å². The van der Waals surface area contributed by atoms with E-state index >= 15 is 0 Å². The number of rotatable bonds is 4. The number of aromatic nitrogens is 2. The molecule has 0 N–H and O–H groups in total. The summed E-state index contributed by atoms with van der Waals surface area (Å²) in [7, 11) is 0. The third kappa shape index (κ3) is 8.26. The number of benzene rings is 1. The molecule has 38 heavy (non-hydrogen) atoms. The maximum Gasteiger partial charge on any atom is 0.0619 e. The maximum absolute atomic E-state index is 8.31. The number of pyridine rings is 2. The Morgan fingerprint density at radius 3 is 2.58 bits per heavy atom. The van der Waals surface area contributed by atoms with Crippen LogP contribution in [-0.4, -0.2) is 15.7 Å². The molecule has 5 rings (SSSR count). The molecular formula is C33H33IrN3S-2. The van der Waals surface area contributed by atoms with Crippen molar-refractivity contribution in [2.45, 2.75) is 40.0 Å². The van der Waals surface area contributed by atoms with Crippen LogP contribution in [0.4, 0.5) is 0 Å². The zero-order chi connectivity index (χ0) is 28.7. The fraction of sp³-hybridized carbons (Fsp3) is 0.242. The Kier molecular flexibility index (Phi) is 9.87. The molecule has 0 bridgehead atoms. The molecule has 1 unspecified atom stereocenters. The Morgan fingerprint density at radius 2 is 1.82 bits per heavy atom. The first-order valence-corrected chi connectivity index (χ1v) is 13.3. The second-order valence-corrected chi connectivity index (χ2v) is 10.2. The van der Waals surface area contributed by atoms with Crippen molar-refractivity contribution >= 4 is 27.1 Å². The van der Waals surface area contributed by atoms with E-state index in [0.717, 1.165) is 27.8 Å². The fourth-order valence-electron chi connectivity index (χ4n) is 3.71. The molecule has 0 amide bonds. The SMILES string of the molecule is CC(C)C1C=CN=C(c2[c-]cccc2)C1.[2H]c1c(C([2H])(C)C)cnc(-c2[c-]cccc3cnccc3sc2)c1[2H].[Ir]. The Bertz CT molecular complexity index is 1580. The first kappa shape index (κ1) is 25.3. The maximum atomic E-state index is 8.31. The van der Waals surface area contributed by atoms with E-state index in [1.165, 1.54) is 17.5 Å². The summed E-state index contributed by atoms with van der Waals surface area (Å²) in [4.78, 5) is 12.9. The van der Waals surface area contributed by atoms with Crippen LogP contribution in [0.5, 0.6) is 0 Å². The van der Waals surface area contributed by atoms with Gasteiger partial charge in [0.15, 0.2) is 0 Å². The molecule has 4 heterocycles. The van der Waals surface area contributed by atoms with Crippen LogP contribution in [0.1, 0.15) is 55.2 Å². The van der Waals surface area contributed by atoms with Gasteiger partial charge in [-0.15, -0.1) is 59.7 Å². The van der Waals surface area contributed by atoms with Gasteiger partial charge in [0.2, 0.25) is 0 Å². The zero-order valence-corrected chi connectivity index (χ0v) is 25.2. The second-order valence-electron chi connectivity index (χ2n) is 9.31. The van der Waals surface area contributed by atoms with Crippen LogP contribution in [-0.2, 0) is 20.1 Å². The van der Waals surface area contributed by atoms with Gasteiger partial charge in [0.25, 0.3) is 0 Å². The van der Waals surface area contributed by atoms with E-state index in [1.807, 2.05) is 48.0 Å². The molecule has 0 fully saturated rings. The molecular weight excluding hydrogens is 663 g/mol. The molecule has 0 spiro atoms. The molecule has 3 nitrogen and oxygen atoms in total. The largest absolute Gasteiger partial charge is 0.309 e. The third-order valence-corrected chi connectivity index (χ3v) is 7.01. The van der Waals surface area contributed by atoms with Gasteiger partial charge in [0, 0.05) is 51.0 Å². The molecule has 197 valence electrons. The average molecular weight is 699 g/mol. The molecule has 1 aliphatic heterocycles. The Morgan fingerprint density at radius 1 is 1.00 bits per heavy atom. The first-order valence-electron chi connectivity index (χ1n) is 13.9. The summed E-state index contributed by atoms with van der Waals surface area (Å²) in [6.07, 6.45) is 10.2. The normalized spacial score (nSPS) is 15.7. The Balaban J connectivity index is 0.000000248. The topological polar surface area (TPSA) is 38.1 Å². The first-order chi connectivity index (χ1) is 19.1. The van der Waals surface area contributed by atoms with Crippen LogP contribution in [0, 0.1) is 24.0 Å². The van der Waals surface area contributed by atoms with Gasteiger partial charge < -0.3 is 9.98 Å². The molecule has 1 aliphatic rings. The van der Waals surface area contributed by atoms with Crippen LogP contribution >= 0.6 is 11.3 Å². The average Bonchev–Trinajstić information content (AvgIpc) is 3.05. The monoisotopic (exact) mass is 699 g/mol. The number of allylic oxidation sites excluding steroid dienone is 1. The Hall–Kier alpha value is -2.98. The second kappa shape index (κ2) is 14.8. The van der Waals surface area contributed by atoms with Crippen molar-refractivity contribution in [1.29, 1.82) is 0 Å². The number of aliphatic imine (C=N–C) groups is 1. The zero-order valence-electron chi connectivity index (χ0n) is 25.0. The van der Waals surface area contributed by atoms with E-state index in [1.54, 1.807) is 32.3 Å². The summed E-state index contributed by atoms with van der Waals surface area (Å²) >= 11 is 1.51. The predicted molar refractivity (Wildman–Crippen MR) is 157 cm³/mol. The van der Waals surface area contributed by atoms with Crippen LogP contribution in [0.25, 0.3) is 21.3 Å². The van der Waals surface area contributed by atoms with E-state index in [0.29, 0.717) is 28.7 Å². The minimum atomic E-state index is -0.964. The van der Waals surface area contributed by atoms with Gasteiger partial charge in [0.1, 0.15) is 0 Å². The molecule has 1 aromatic carbocycles. The minimum Gasteiger partial charge on any atom is -0.309 e. The van der Waals surface area contributed by atoms with Crippen LogP contribution < -0.4 is 0 Å². The summed E-state index contributed by atoms with van der Waals surface area (Å²) in [6, 6.07) is 22.0. The summed E-state index contributed by atoms with van der Waals surface area (Å²) in [6.45, 7) is 7.90. The van der Waals surface area contributed by atoms with Gasteiger partial charge in [-0.1, -0.05) is 57.3 Å². The summed E-state index contributed by atoms with van der Waals surface area (Å²) in [5, 5.41) is 2.89. The number of hydrogen-bond donors (Lipinski definition) is 0. The van der Waals surface area contributed by atoms with Gasteiger partial charge in [-0.25, -0.2) is 0 Å². The summed E-state index contributed by atoms with van der Waals surface area (Å²) in [5.74, 6) is 0.329. The minimum absolute atomic E-state index is 0. The molecule has 1 atom stereocenters. The number of hydrogen-bond acceptors (Lipinski definition) is 4. The van der Waals surface area contributed by atoms with E-state index in [4.69, 9.17) is 4.11 Å². The van der Waals surface area contributed by atoms with Gasteiger partial charge in [-0.3, -0.25) is 4.98 Å². The van der Waals surface area contributed by atoms with E-state index < -0.39 is 5.89 Å². The predicted octanol–water partition coefficient (Wildman–Crippen LogP) is 8.87. The summed E-state index contributed by atoms with van der Waals surface area (Å²) < 4.78 is 25.7. The molecule has 1 radical (unpaired) electrons. The van der Waals surface area contributed by atoms with Crippen molar-refractivity contribution in [2.24, 2.45) is 16.8 Å². The van der Waals surface area contributed by atoms with Crippen molar-refractivity contribution in [3.8, 4) is 11.3 Å². The summed E-state index contributed by atoms with van der Waals surface area (Å²) in [5.41, 5.74) is 3.78. The molecule has 3 aromatic heterocycles.